The van der Waals surface area contributed by atoms with Crippen LogP contribution in [0.3, 0.4) is 0 Å². The number of rotatable bonds is 6. The Morgan fingerprint density at radius 2 is 2.05 bits per heavy atom. The summed E-state index contributed by atoms with van der Waals surface area (Å²) in [7, 11) is 0. The number of aliphatic hydroxyl groups is 2. The fourth-order valence-electron chi connectivity index (χ4n) is 2.33. The van der Waals surface area contributed by atoms with Gasteiger partial charge in [-0.05, 0) is 31.2 Å². The van der Waals surface area contributed by atoms with Crippen molar-refractivity contribution in [3.05, 3.63) is 35.9 Å². The van der Waals surface area contributed by atoms with Gasteiger partial charge in [-0.2, -0.15) is 0 Å². The lowest BCUT2D eigenvalue weighted by atomic mass is 9.96. The van der Waals surface area contributed by atoms with Crippen LogP contribution in [0.5, 0.6) is 0 Å². The Bertz CT molecular complexity index is 430. The molecule has 0 spiro atoms. The van der Waals surface area contributed by atoms with Gasteiger partial charge in [-0.3, -0.25) is 4.79 Å². The van der Waals surface area contributed by atoms with E-state index in [2.05, 4.69) is 5.32 Å². The van der Waals surface area contributed by atoms with Gasteiger partial charge in [0.15, 0.2) is 0 Å². The Kier molecular flexibility index (Phi) is 4.22. The Morgan fingerprint density at radius 1 is 1.42 bits per heavy atom. The first-order valence-corrected chi connectivity index (χ1v) is 6.70. The molecule has 1 saturated carbocycles. The fourth-order valence-corrected chi connectivity index (χ4v) is 2.33. The molecule has 0 saturated heterocycles. The summed E-state index contributed by atoms with van der Waals surface area (Å²) in [6.07, 6.45) is 1.30. The second kappa shape index (κ2) is 5.72. The maximum absolute atomic E-state index is 12.0. The first-order chi connectivity index (χ1) is 9.05. The average molecular weight is 263 g/mol. The van der Waals surface area contributed by atoms with Gasteiger partial charge >= 0.3 is 0 Å². The zero-order valence-corrected chi connectivity index (χ0v) is 11.2. The van der Waals surface area contributed by atoms with E-state index >= 15 is 0 Å². The summed E-state index contributed by atoms with van der Waals surface area (Å²) in [4.78, 5) is 12.0. The normalized spacial score (nSPS) is 19.5. The second-order valence-corrected chi connectivity index (χ2v) is 5.53. The SMILES string of the molecule is CC(CO)(NC(=O)CC(O)c1ccccc1)C1CC1. The summed E-state index contributed by atoms with van der Waals surface area (Å²) in [6.45, 7) is 1.79. The van der Waals surface area contributed by atoms with Gasteiger partial charge in [0.2, 0.25) is 5.91 Å². The smallest absolute Gasteiger partial charge is 0.223 e. The molecule has 104 valence electrons. The van der Waals surface area contributed by atoms with E-state index in [-0.39, 0.29) is 18.9 Å². The number of benzene rings is 1. The van der Waals surface area contributed by atoms with Gasteiger partial charge < -0.3 is 15.5 Å². The average Bonchev–Trinajstić information content (AvgIpc) is 3.24. The van der Waals surface area contributed by atoms with Crippen molar-refractivity contribution in [3.8, 4) is 0 Å². The van der Waals surface area contributed by atoms with Crippen LogP contribution in [0.15, 0.2) is 30.3 Å². The summed E-state index contributed by atoms with van der Waals surface area (Å²) in [5.74, 6) is 0.134. The molecule has 0 heterocycles. The topological polar surface area (TPSA) is 69.6 Å². The van der Waals surface area contributed by atoms with Gasteiger partial charge in [0.25, 0.3) is 0 Å². The number of nitrogens with one attached hydrogen (secondary N) is 1. The molecule has 2 atom stereocenters. The number of hydrogen-bond acceptors (Lipinski definition) is 3. The van der Waals surface area contributed by atoms with Crippen LogP contribution in [-0.2, 0) is 4.79 Å². The molecule has 3 N–H and O–H groups in total. The molecule has 0 radical (unpaired) electrons. The molecule has 0 bridgehead atoms. The number of hydrogen-bond donors (Lipinski definition) is 3. The highest BCUT2D eigenvalue weighted by molar-refractivity contribution is 5.77. The van der Waals surface area contributed by atoms with Crippen LogP contribution in [0.25, 0.3) is 0 Å². The lowest BCUT2D eigenvalue weighted by molar-refractivity contribution is -0.125. The van der Waals surface area contributed by atoms with Crippen molar-refractivity contribution in [3.63, 3.8) is 0 Å². The van der Waals surface area contributed by atoms with Crippen LogP contribution < -0.4 is 5.32 Å². The van der Waals surface area contributed by atoms with Crippen molar-refractivity contribution >= 4 is 5.91 Å². The Balaban J connectivity index is 1.90. The van der Waals surface area contributed by atoms with E-state index in [0.717, 1.165) is 18.4 Å². The zero-order valence-electron chi connectivity index (χ0n) is 11.2. The van der Waals surface area contributed by atoms with Crippen molar-refractivity contribution in [2.75, 3.05) is 6.61 Å². The van der Waals surface area contributed by atoms with E-state index in [9.17, 15) is 15.0 Å². The summed E-state index contributed by atoms with van der Waals surface area (Å²) < 4.78 is 0. The standard InChI is InChI=1S/C15H21NO3/c1-15(10-17,12-7-8-12)16-14(19)9-13(18)11-5-3-2-4-6-11/h2-6,12-13,17-18H,7-10H2,1H3,(H,16,19). The van der Waals surface area contributed by atoms with Crippen LogP contribution in [0.2, 0.25) is 0 Å². The van der Waals surface area contributed by atoms with Gasteiger partial charge in [-0.15, -0.1) is 0 Å². The monoisotopic (exact) mass is 263 g/mol. The summed E-state index contributed by atoms with van der Waals surface area (Å²) in [5.41, 5.74) is 0.183. The Labute approximate surface area is 113 Å². The van der Waals surface area contributed by atoms with Crippen LogP contribution in [0, 0.1) is 5.92 Å². The third-order valence-electron chi connectivity index (χ3n) is 3.79. The summed E-state index contributed by atoms with van der Waals surface area (Å²) >= 11 is 0. The molecule has 1 aromatic rings. The quantitative estimate of drug-likeness (QED) is 0.726. The minimum atomic E-state index is -0.802. The molecule has 1 aliphatic rings. The van der Waals surface area contributed by atoms with Gasteiger partial charge in [0.1, 0.15) is 0 Å². The molecule has 19 heavy (non-hydrogen) atoms. The molecule has 1 aromatic carbocycles. The number of carbonyl (C=O) groups excluding carboxylic acids is 1. The van der Waals surface area contributed by atoms with Crippen LogP contribution >= 0.6 is 0 Å². The van der Waals surface area contributed by atoms with Crippen molar-refractivity contribution in [2.24, 2.45) is 5.92 Å². The van der Waals surface area contributed by atoms with Gasteiger partial charge in [0, 0.05) is 0 Å². The fraction of sp³-hybridized carbons (Fsp3) is 0.533. The van der Waals surface area contributed by atoms with Crippen molar-refractivity contribution < 1.29 is 15.0 Å². The maximum Gasteiger partial charge on any atom is 0.223 e. The van der Waals surface area contributed by atoms with E-state index in [0.29, 0.717) is 5.92 Å². The summed E-state index contributed by atoms with van der Waals surface area (Å²) in [6, 6.07) is 9.12. The van der Waals surface area contributed by atoms with Crippen LogP contribution in [0.4, 0.5) is 0 Å². The first-order valence-electron chi connectivity index (χ1n) is 6.70. The number of carbonyl (C=O) groups is 1. The molecule has 1 fully saturated rings. The first kappa shape index (κ1) is 14.0. The lowest BCUT2D eigenvalue weighted by Crippen LogP contribution is -2.51. The highest BCUT2D eigenvalue weighted by Gasteiger charge is 2.42. The summed E-state index contributed by atoms with van der Waals surface area (Å²) in [5, 5.41) is 22.3. The molecule has 1 amide bonds. The largest absolute Gasteiger partial charge is 0.394 e. The van der Waals surface area contributed by atoms with Crippen molar-refractivity contribution in [1.82, 2.24) is 5.32 Å². The van der Waals surface area contributed by atoms with E-state index in [1.807, 2.05) is 25.1 Å². The Morgan fingerprint density at radius 3 is 2.58 bits per heavy atom. The minimum Gasteiger partial charge on any atom is -0.394 e. The molecule has 2 unspecified atom stereocenters. The number of amides is 1. The predicted molar refractivity (Wildman–Crippen MR) is 72.4 cm³/mol. The molecule has 4 nitrogen and oxygen atoms in total. The van der Waals surface area contributed by atoms with E-state index in [1.165, 1.54) is 0 Å². The van der Waals surface area contributed by atoms with Crippen LogP contribution in [0.1, 0.15) is 37.9 Å². The van der Waals surface area contributed by atoms with Crippen molar-refractivity contribution in [2.45, 2.75) is 37.8 Å². The Hall–Kier alpha value is -1.39. The zero-order chi connectivity index (χ0) is 13.9. The van der Waals surface area contributed by atoms with E-state index in [4.69, 9.17) is 0 Å². The highest BCUT2D eigenvalue weighted by Crippen LogP contribution is 2.39. The minimum absolute atomic E-state index is 0.0202. The third kappa shape index (κ3) is 3.55. The molecule has 2 rings (SSSR count). The van der Waals surface area contributed by atoms with Crippen molar-refractivity contribution in [1.29, 1.82) is 0 Å². The maximum atomic E-state index is 12.0. The molecular weight excluding hydrogens is 242 g/mol. The van der Waals surface area contributed by atoms with Crippen LogP contribution in [-0.4, -0.2) is 28.3 Å². The molecule has 0 aromatic heterocycles. The van der Waals surface area contributed by atoms with Gasteiger partial charge in [0.05, 0.1) is 24.7 Å². The predicted octanol–water partition coefficient (Wildman–Crippen LogP) is 1.39. The van der Waals surface area contributed by atoms with E-state index in [1.54, 1.807) is 12.1 Å². The lowest BCUT2D eigenvalue weighted by Gasteiger charge is -2.29. The molecular formula is C15H21NO3. The number of aliphatic hydroxyl groups excluding tert-OH is 2. The molecule has 1 aliphatic carbocycles. The van der Waals surface area contributed by atoms with Gasteiger partial charge in [-0.25, -0.2) is 0 Å². The highest BCUT2D eigenvalue weighted by atomic mass is 16.3. The molecule has 0 aliphatic heterocycles. The third-order valence-corrected chi connectivity index (χ3v) is 3.79. The van der Waals surface area contributed by atoms with E-state index < -0.39 is 11.6 Å². The second-order valence-electron chi connectivity index (χ2n) is 5.53. The van der Waals surface area contributed by atoms with Gasteiger partial charge in [-0.1, -0.05) is 30.3 Å². The molecule has 4 heteroatoms.